The van der Waals surface area contributed by atoms with E-state index in [-0.39, 0.29) is 76.2 Å². The lowest BCUT2D eigenvalue weighted by atomic mass is 9.99. The van der Waals surface area contributed by atoms with Gasteiger partial charge in [-0.05, 0) is 108 Å². The number of hydrogen-bond acceptors (Lipinski definition) is 17. The zero-order chi connectivity index (χ0) is 59.9. The molecule has 2 aromatic carbocycles. The number of carbonyl (C=O) groups excluding carboxylic acids is 10. The molecule has 3 aliphatic rings. The molecule has 81 heavy (non-hydrogen) atoms. The van der Waals surface area contributed by atoms with E-state index in [0.717, 1.165) is 0 Å². The maximum Gasteiger partial charge on any atom is 0.254 e. The largest absolute Gasteiger partial charge is 0.391 e. The van der Waals surface area contributed by atoms with Gasteiger partial charge in [0.05, 0.1) is 12.2 Å². The number of aliphatic hydroxyl groups excluding tert-OH is 3. The first-order chi connectivity index (χ1) is 38.3. The highest BCUT2D eigenvalue weighted by molar-refractivity contribution is 9.10. The minimum atomic E-state index is -1.80. The van der Waals surface area contributed by atoms with Gasteiger partial charge in [0.15, 0.2) is 6.10 Å². The predicted molar refractivity (Wildman–Crippen MR) is 297 cm³/mol. The highest BCUT2D eigenvalue weighted by Crippen LogP contribution is 2.44. The van der Waals surface area contributed by atoms with Crippen molar-refractivity contribution in [2.45, 2.75) is 144 Å². The van der Waals surface area contributed by atoms with E-state index in [1.807, 2.05) is 0 Å². The standard InChI is InChI=1S/C53H79BrN14O13/c1-26(2)19-37-46(76)68-52(22-31(52)24-57)50(80)63-35(14-17-56)43(73)65-39(27(3)69)47(77)59-18-15-36(45(75)67-53(23-32(53)25-58)51(81)64-38(44(74)62-37)20-29-9-6-5-7-10-29)60-42(72)34(13-16-55)61-48(78)40(28(4)70)66-49(79)41(71)30-11-8-12-33(54)21-30/h5-12,21,26-28,31-32,34-41,69-71H,13-20,22-25,55-58H2,1-4H3,(H,59,77)(H,60,72)(H,61,78)(H,62,74)(H,63,80)(H,64,81)(H,65,73)(H,66,79)(H,67,75)(H,68,76)/t27?,28?,31?,32-,34-,35-,36-,37-,38+,39-,40-,41?,52?,53?/m0/s1. The second-order valence-electron chi connectivity index (χ2n) is 21.4. The van der Waals surface area contributed by atoms with Crippen molar-refractivity contribution in [1.82, 2.24) is 53.2 Å². The van der Waals surface area contributed by atoms with Gasteiger partial charge in [-0.2, -0.15) is 0 Å². The molecule has 3 fully saturated rings. The molecule has 6 unspecified atom stereocenters. The molecule has 2 aromatic rings. The van der Waals surface area contributed by atoms with Crippen molar-refractivity contribution in [3.05, 3.63) is 70.2 Å². The van der Waals surface area contributed by atoms with E-state index in [4.69, 9.17) is 22.9 Å². The van der Waals surface area contributed by atoms with Gasteiger partial charge in [-0.3, -0.25) is 47.9 Å². The fourth-order valence-corrected chi connectivity index (χ4v) is 10.1. The predicted octanol–water partition coefficient (Wildman–Crippen LogP) is -5.19. The van der Waals surface area contributed by atoms with Gasteiger partial charge in [0, 0.05) is 29.3 Å². The van der Waals surface area contributed by atoms with Gasteiger partial charge < -0.3 is 91.4 Å². The number of nitrogens with two attached hydrogens (primary N) is 4. The maximum absolute atomic E-state index is 14.7. The van der Waals surface area contributed by atoms with E-state index in [9.17, 15) is 63.3 Å². The summed E-state index contributed by atoms with van der Waals surface area (Å²) >= 11 is 3.26. The molecule has 0 radical (unpaired) electrons. The van der Waals surface area contributed by atoms with E-state index in [2.05, 4.69) is 69.1 Å². The molecule has 0 aromatic heterocycles. The molecule has 27 nitrogen and oxygen atoms in total. The summed E-state index contributed by atoms with van der Waals surface area (Å²) in [7, 11) is 0. The molecule has 28 heteroatoms. The summed E-state index contributed by atoms with van der Waals surface area (Å²) in [4.78, 5) is 142. The number of amides is 10. The van der Waals surface area contributed by atoms with Crippen molar-refractivity contribution in [2.75, 3.05) is 32.7 Å². The number of benzene rings is 2. The molecular weight excluding hydrogens is 1120 g/mol. The van der Waals surface area contributed by atoms with Gasteiger partial charge in [-0.15, -0.1) is 0 Å². The van der Waals surface area contributed by atoms with Crippen LogP contribution in [0.25, 0.3) is 0 Å². The van der Waals surface area contributed by atoms with Crippen molar-refractivity contribution in [3.63, 3.8) is 0 Å². The molecule has 14 atom stereocenters. The summed E-state index contributed by atoms with van der Waals surface area (Å²) in [5.74, 6) is -10.8. The van der Waals surface area contributed by atoms with Crippen LogP contribution >= 0.6 is 15.9 Å². The molecule has 2 aliphatic carbocycles. The van der Waals surface area contributed by atoms with E-state index in [1.165, 1.54) is 26.0 Å². The van der Waals surface area contributed by atoms with Gasteiger partial charge in [-0.25, -0.2) is 0 Å². The zero-order valence-electron chi connectivity index (χ0n) is 45.8. The lowest BCUT2D eigenvalue weighted by molar-refractivity contribution is -0.138. The van der Waals surface area contributed by atoms with Gasteiger partial charge >= 0.3 is 0 Å². The molecule has 446 valence electrons. The number of aliphatic hydroxyl groups is 3. The Hall–Kier alpha value is -6.66. The van der Waals surface area contributed by atoms with Crippen LogP contribution in [0.5, 0.6) is 0 Å². The Balaban J connectivity index is 1.51. The molecule has 1 heterocycles. The summed E-state index contributed by atoms with van der Waals surface area (Å²) in [5, 5.41) is 58.1. The number of halogens is 1. The molecule has 1 saturated heterocycles. The van der Waals surface area contributed by atoms with Crippen molar-refractivity contribution < 1.29 is 63.3 Å². The van der Waals surface area contributed by atoms with Crippen molar-refractivity contribution in [1.29, 1.82) is 0 Å². The molecule has 21 N–H and O–H groups in total. The molecule has 10 amide bonds. The monoisotopic (exact) mass is 1200 g/mol. The molecular formula is C53H79BrN14O13. The summed E-state index contributed by atoms with van der Waals surface area (Å²) in [6.45, 7) is 4.98. The van der Waals surface area contributed by atoms with Crippen LogP contribution in [0.1, 0.15) is 83.5 Å². The average Bonchev–Trinajstić information content (AvgIpc) is 4.51. The van der Waals surface area contributed by atoms with Crippen LogP contribution in [0.2, 0.25) is 0 Å². The van der Waals surface area contributed by atoms with Crippen LogP contribution in [0.3, 0.4) is 0 Å². The van der Waals surface area contributed by atoms with Gasteiger partial charge in [0.2, 0.25) is 53.2 Å². The van der Waals surface area contributed by atoms with Crippen molar-refractivity contribution in [2.24, 2.45) is 40.7 Å². The zero-order valence-corrected chi connectivity index (χ0v) is 47.4. The second kappa shape index (κ2) is 29.4. The lowest BCUT2D eigenvalue weighted by Crippen LogP contribution is -2.63. The highest BCUT2D eigenvalue weighted by Gasteiger charge is 2.62. The number of nitrogens with one attached hydrogen (secondary N) is 10. The summed E-state index contributed by atoms with van der Waals surface area (Å²) in [6.07, 6.45) is -5.84. The summed E-state index contributed by atoms with van der Waals surface area (Å²) in [6, 6.07) is 4.04. The van der Waals surface area contributed by atoms with E-state index in [1.54, 1.807) is 56.3 Å². The van der Waals surface area contributed by atoms with Crippen molar-refractivity contribution >= 4 is 75.0 Å². The average molecular weight is 1200 g/mol. The van der Waals surface area contributed by atoms with Crippen LogP contribution in [0.4, 0.5) is 0 Å². The highest BCUT2D eigenvalue weighted by atomic mass is 79.9. The Kier molecular flexibility index (Phi) is 23.6. The van der Waals surface area contributed by atoms with Crippen LogP contribution in [0.15, 0.2) is 59.1 Å². The van der Waals surface area contributed by atoms with Gasteiger partial charge in [-0.1, -0.05) is 72.2 Å². The first kappa shape index (κ1) is 65.2. The minimum Gasteiger partial charge on any atom is -0.391 e. The summed E-state index contributed by atoms with van der Waals surface area (Å²) in [5.41, 5.74) is 21.3. The van der Waals surface area contributed by atoms with Gasteiger partial charge in [0.1, 0.15) is 53.4 Å². The molecule has 1 aliphatic heterocycles. The molecule has 0 bridgehead atoms. The summed E-state index contributed by atoms with van der Waals surface area (Å²) < 4.78 is 0.545. The van der Waals surface area contributed by atoms with E-state index >= 15 is 0 Å². The van der Waals surface area contributed by atoms with Crippen LogP contribution in [0, 0.1) is 17.8 Å². The fourth-order valence-electron chi connectivity index (χ4n) is 9.67. The number of carbonyl (C=O) groups is 10. The van der Waals surface area contributed by atoms with E-state index in [0.29, 0.717) is 10.0 Å². The smallest absolute Gasteiger partial charge is 0.254 e. The molecule has 2 saturated carbocycles. The fraction of sp³-hybridized carbons (Fsp3) is 0.585. The Bertz CT molecular complexity index is 2600. The number of rotatable bonds is 19. The Morgan fingerprint density at radius 1 is 0.679 bits per heavy atom. The van der Waals surface area contributed by atoms with E-state index < -0.39 is 156 Å². The topological polar surface area (TPSA) is 456 Å². The molecule has 5 rings (SSSR count). The van der Waals surface area contributed by atoms with Crippen LogP contribution in [-0.4, -0.2) is 173 Å². The second-order valence-corrected chi connectivity index (χ2v) is 22.3. The third kappa shape index (κ3) is 17.2. The van der Waals surface area contributed by atoms with Crippen LogP contribution in [-0.2, 0) is 54.4 Å². The normalized spacial score (nSPS) is 27.8. The third-order valence-corrected chi connectivity index (χ3v) is 15.1. The quantitative estimate of drug-likeness (QED) is 0.0625. The first-order valence-corrected chi connectivity index (χ1v) is 27.8. The first-order valence-electron chi connectivity index (χ1n) is 27.0. The van der Waals surface area contributed by atoms with Gasteiger partial charge in [0.25, 0.3) is 5.91 Å². The number of hydrogen-bond donors (Lipinski definition) is 17. The third-order valence-electron chi connectivity index (χ3n) is 14.6. The minimum absolute atomic E-state index is 0.0432. The molecule has 2 spiro atoms. The SMILES string of the molecule is CC(C)C[C@@H]1NC(=O)[C@@H](Cc2ccccc2)NC(=O)C2(C[C@H]2CN)NC(=O)[C@@H](NC(=O)[C@H](CCN)NC(=O)[C@@H](NC(=O)C(O)c2cccc(Br)c2)C(C)O)CCNC(=O)[C@H](C(C)O)NC(=O)[C@H](CCN)NC(=O)C2(CC2CN)NC1=O. The Labute approximate surface area is 477 Å². The van der Waals surface area contributed by atoms with Crippen LogP contribution < -0.4 is 76.1 Å². The lowest BCUT2D eigenvalue weighted by Gasteiger charge is -2.29. The maximum atomic E-state index is 14.7. The Morgan fingerprint density at radius 2 is 1.28 bits per heavy atom. The Morgan fingerprint density at radius 3 is 1.83 bits per heavy atom. The van der Waals surface area contributed by atoms with Crippen molar-refractivity contribution in [3.8, 4) is 0 Å².